The Morgan fingerprint density at radius 1 is 1.00 bits per heavy atom. The second-order valence-electron chi connectivity index (χ2n) is 8.58. The summed E-state index contributed by atoms with van der Waals surface area (Å²) in [6, 6.07) is 3.07. The van der Waals surface area contributed by atoms with Crippen LogP contribution in [-0.2, 0) is 4.79 Å². The Balaban J connectivity index is 1.25. The molecule has 5 fully saturated rings. The molecule has 0 radical (unpaired) electrons. The normalized spacial score (nSPS) is 36.8. The highest BCUT2D eigenvalue weighted by Crippen LogP contribution is 2.56. The van der Waals surface area contributed by atoms with Crippen LogP contribution in [0.25, 0.3) is 0 Å². The van der Waals surface area contributed by atoms with E-state index in [0.717, 1.165) is 11.8 Å². The van der Waals surface area contributed by atoms with E-state index in [1.807, 2.05) is 9.80 Å². The van der Waals surface area contributed by atoms with Gasteiger partial charge in [-0.3, -0.25) is 4.79 Å². The highest BCUT2D eigenvalue weighted by molar-refractivity contribution is 5.80. The molecule has 1 aromatic heterocycles. The zero-order valence-corrected chi connectivity index (χ0v) is 14.6. The van der Waals surface area contributed by atoms with Crippen molar-refractivity contribution in [3.8, 4) is 0 Å². The van der Waals surface area contributed by atoms with Gasteiger partial charge in [0, 0.05) is 38.3 Å². The van der Waals surface area contributed by atoms with Crippen molar-refractivity contribution in [3.63, 3.8) is 0 Å². The SMILES string of the molecule is O=C(C1C2CC3CC(C2)CC1C3)N1CCN(c2ncccc2F)CC1. The standard InChI is InChI=1S/C20H26FN3O/c21-17-2-1-3-22-19(17)23-4-6-24(7-5-23)20(25)18-15-9-13-8-14(11-15)12-16(18)10-13/h1-3,13-16,18H,4-12H2. The molecule has 1 saturated heterocycles. The van der Waals surface area contributed by atoms with Gasteiger partial charge in [-0.15, -0.1) is 0 Å². The number of aromatic nitrogens is 1. The van der Waals surface area contributed by atoms with Crippen molar-refractivity contribution < 1.29 is 9.18 Å². The van der Waals surface area contributed by atoms with E-state index in [0.29, 0.717) is 49.7 Å². The fraction of sp³-hybridized carbons (Fsp3) is 0.700. The van der Waals surface area contributed by atoms with E-state index in [9.17, 15) is 9.18 Å². The van der Waals surface area contributed by atoms with E-state index in [-0.39, 0.29) is 11.7 Å². The van der Waals surface area contributed by atoms with E-state index >= 15 is 0 Å². The molecule has 0 aromatic carbocycles. The number of amides is 1. The Hall–Kier alpha value is -1.65. The van der Waals surface area contributed by atoms with Gasteiger partial charge in [0.05, 0.1) is 0 Å². The summed E-state index contributed by atoms with van der Waals surface area (Å²) >= 11 is 0. The summed E-state index contributed by atoms with van der Waals surface area (Å²) in [5, 5.41) is 0. The van der Waals surface area contributed by atoms with Gasteiger partial charge in [0.25, 0.3) is 0 Å². The van der Waals surface area contributed by atoms with E-state index in [1.54, 1.807) is 12.3 Å². The quantitative estimate of drug-likeness (QED) is 0.828. The molecule has 134 valence electrons. The predicted octanol–water partition coefficient (Wildman–Crippen LogP) is 2.94. The Kier molecular flexibility index (Phi) is 3.72. The zero-order valence-electron chi connectivity index (χ0n) is 14.6. The van der Waals surface area contributed by atoms with Crippen LogP contribution in [-0.4, -0.2) is 42.0 Å². The predicted molar refractivity (Wildman–Crippen MR) is 93.5 cm³/mol. The molecular formula is C20H26FN3O. The highest BCUT2D eigenvalue weighted by Gasteiger charge is 2.51. The minimum Gasteiger partial charge on any atom is -0.351 e. The first-order valence-corrected chi connectivity index (χ1v) is 9.83. The Morgan fingerprint density at radius 3 is 2.24 bits per heavy atom. The first-order chi connectivity index (χ1) is 12.2. The van der Waals surface area contributed by atoms with Crippen molar-refractivity contribution in [1.82, 2.24) is 9.88 Å². The summed E-state index contributed by atoms with van der Waals surface area (Å²) in [6.07, 6.45) is 8.17. The fourth-order valence-corrected chi connectivity index (χ4v) is 6.29. The van der Waals surface area contributed by atoms with Crippen LogP contribution in [0.3, 0.4) is 0 Å². The summed E-state index contributed by atoms with van der Waals surface area (Å²) in [5.41, 5.74) is 0. The van der Waals surface area contributed by atoms with Crippen molar-refractivity contribution in [1.29, 1.82) is 0 Å². The van der Waals surface area contributed by atoms with Crippen LogP contribution in [0.15, 0.2) is 18.3 Å². The van der Waals surface area contributed by atoms with Crippen molar-refractivity contribution >= 4 is 11.7 Å². The lowest BCUT2D eigenvalue weighted by Gasteiger charge is -2.54. The van der Waals surface area contributed by atoms with Crippen molar-refractivity contribution in [2.75, 3.05) is 31.1 Å². The summed E-state index contributed by atoms with van der Waals surface area (Å²) in [6.45, 7) is 2.73. The third-order valence-corrected chi connectivity index (χ3v) is 7.14. The maximum atomic E-state index is 13.9. The van der Waals surface area contributed by atoms with E-state index in [4.69, 9.17) is 0 Å². The van der Waals surface area contributed by atoms with Gasteiger partial charge in [0.15, 0.2) is 11.6 Å². The molecular weight excluding hydrogens is 317 g/mol. The first-order valence-electron chi connectivity index (χ1n) is 9.83. The lowest BCUT2D eigenvalue weighted by Crippen LogP contribution is -2.56. The van der Waals surface area contributed by atoms with Crippen molar-refractivity contribution in [2.24, 2.45) is 29.6 Å². The molecule has 0 unspecified atom stereocenters. The van der Waals surface area contributed by atoms with E-state index in [1.165, 1.54) is 38.2 Å². The molecule has 25 heavy (non-hydrogen) atoms. The second-order valence-corrected chi connectivity index (χ2v) is 8.58. The number of nitrogens with zero attached hydrogens (tertiary/aromatic N) is 3. The molecule has 1 aliphatic heterocycles. The van der Waals surface area contributed by atoms with Crippen LogP contribution >= 0.6 is 0 Å². The van der Waals surface area contributed by atoms with Gasteiger partial charge in [0.2, 0.25) is 5.91 Å². The van der Waals surface area contributed by atoms with Crippen molar-refractivity contribution in [3.05, 3.63) is 24.1 Å². The molecule has 4 nitrogen and oxygen atoms in total. The number of carbonyl (C=O) groups is 1. The third kappa shape index (κ3) is 2.63. The number of carbonyl (C=O) groups excluding carboxylic acids is 1. The van der Waals surface area contributed by atoms with Gasteiger partial charge in [-0.25, -0.2) is 9.37 Å². The van der Waals surface area contributed by atoms with Crippen LogP contribution < -0.4 is 4.90 Å². The Morgan fingerprint density at radius 2 is 1.64 bits per heavy atom. The maximum Gasteiger partial charge on any atom is 0.226 e. The van der Waals surface area contributed by atoms with Gasteiger partial charge in [0.1, 0.15) is 0 Å². The lowest BCUT2D eigenvalue weighted by molar-refractivity contribution is -0.149. The largest absolute Gasteiger partial charge is 0.351 e. The van der Waals surface area contributed by atoms with Crippen LogP contribution in [0, 0.1) is 35.4 Å². The monoisotopic (exact) mass is 343 g/mol. The Bertz CT molecular complexity index is 643. The number of piperazine rings is 1. The number of halogens is 1. The summed E-state index contributed by atoms with van der Waals surface area (Å²) in [4.78, 5) is 21.4. The summed E-state index contributed by atoms with van der Waals surface area (Å²) in [7, 11) is 0. The molecule has 4 aliphatic carbocycles. The Labute approximate surface area is 148 Å². The van der Waals surface area contributed by atoms with Gasteiger partial charge < -0.3 is 9.80 Å². The number of rotatable bonds is 2. The molecule has 1 aromatic rings. The third-order valence-electron chi connectivity index (χ3n) is 7.14. The smallest absolute Gasteiger partial charge is 0.226 e. The molecule has 4 bridgehead atoms. The molecule has 0 N–H and O–H groups in total. The number of hydrogen-bond donors (Lipinski definition) is 0. The van der Waals surface area contributed by atoms with E-state index in [2.05, 4.69) is 4.98 Å². The molecule has 2 heterocycles. The number of anilines is 1. The topological polar surface area (TPSA) is 36.4 Å². The average molecular weight is 343 g/mol. The van der Waals surface area contributed by atoms with Crippen LogP contribution in [0.2, 0.25) is 0 Å². The van der Waals surface area contributed by atoms with E-state index < -0.39 is 0 Å². The van der Waals surface area contributed by atoms with Crippen LogP contribution in [0.1, 0.15) is 32.1 Å². The summed E-state index contributed by atoms with van der Waals surface area (Å²) < 4.78 is 13.9. The van der Waals surface area contributed by atoms with Crippen LogP contribution in [0.5, 0.6) is 0 Å². The summed E-state index contributed by atoms with van der Waals surface area (Å²) in [5.74, 6) is 3.87. The number of pyridine rings is 1. The number of hydrogen-bond acceptors (Lipinski definition) is 3. The molecule has 5 aliphatic rings. The maximum absolute atomic E-state index is 13.9. The van der Waals surface area contributed by atoms with Gasteiger partial charge >= 0.3 is 0 Å². The molecule has 4 saturated carbocycles. The van der Waals surface area contributed by atoms with Crippen molar-refractivity contribution in [2.45, 2.75) is 32.1 Å². The molecule has 0 atom stereocenters. The fourth-order valence-electron chi connectivity index (χ4n) is 6.29. The molecule has 0 spiro atoms. The average Bonchev–Trinajstić information content (AvgIpc) is 2.61. The van der Waals surface area contributed by atoms with Gasteiger partial charge in [-0.2, -0.15) is 0 Å². The van der Waals surface area contributed by atoms with Gasteiger partial charge in [-0.1, -0.05) is 0 Å². The molecule has 1 amide bonds. The van der Waals surface area contributed by atoms with Gasteiger partial charge in [-0.05, 0) is 67.9 Å². The highest BCUT2D eigenvalue weighted by atomic mass is 19.1. The van der Waals surface area contributed by atoms with Crippen LogP contribution in [0.4, 0.5) is 10.2 Å². The minimum absolute atomic E-state index is 0.269. The second kappa shape index (κ2) is 5.96. The minimum atomic E-state index is -0.275. The lowest BCUT2D eigenvalue weighted by atomic mass is 9.51. The zero-order chi connectivity index (χ0) is 17.0. The molecule has 6 rings (SSSR count). The first kappa shape index (κ1) is 15.6. The molecule has 5 heteroatoms.